The molecule has 1 aliphatic heterocycles. The van der Waals surface area contributed by atoms with Gasteiger partial charge in [-0.1, -0.05) is 0 Å². The number of aryl methyl sites for hydroxylation is 2. The highest BCUT2D eigenvalue weighted by molar-refractivity contribution is 5.92. The molecule has 0 bridgehead atoms. The summed E-state index contributed by atoms with van der Waals surface area (Å²) in [4.78, 5) is 53.4. The van der Waals surface area contributed by atoms with Crippen molar-refractivity contribution in [2.45, 2.75) is 26.3 Å². The van der Waals surface area contributed by atoms with Gasteiger partial charge in [0, 0.05) is 45.0 Å². The first-order valence-electron chi connectivity index (χ1n) is 9.71. The van der Waals surface area contributed by atoms with Gasteiger partial charge in [0.15, 0.2) is 0 Å². The lowest BCUT2D eigenvalue weighted by Gasteiger charge is -2.32. The number of aromatic nitrogens is 4. The van der Waals surface area contributed by atoms with E-state index in [2.05, 4.69) is 20.2 Å². The molecular formula is C19H28N6O5. The van der Waals surface area contributed by atoms with Gasteiger partial charge in [-0.15, -0.1) is 0 Å². The zero-order valence-corrected chi connectivity index (χ0v) is 17.2. The molecule has 0 aromatic carbocycles. The largest absolute Gasteiger partial charge is 0.483 e. The molecule has 0 aliphatic carbocycles. The number of likely N-dealkylation sites (tertiary alicyclic amines) is 1. The zero-order chi connectivity index (χ0) is 22.1. The van der Waals surface area contributed by atoms with E-state index >= 15 is 0 Å². The van der Waals surface area contributed by atoms with Crippen LogP contribution in [0.5, 0.6) is 0 Å². The number of aromatic amines is 1. The second-order valence-electron chi connectivity index (χ2n) is 7.26. The number of hydrogen-bond acceptors (Lipinski definition) is 6. The summed E-state index contributed by atoms with van der Waals surface area (Å²) in [5.41, 5.74) is 0.481. The molecule has 3 heterocycles. The second kappa shape index (κ2) is 11.1. The minimum absolute atomic E-state index is 0.120. The van der Waals surface area contributed by atoms with Crippen LogP contribution < -0.4 is 16.6 Å². The maximum Gasteiger partial charge on any atom is 0.328 e. The van der Waals surface area contributed by atoms with Crippen molar-refractivity contribution < 1.29 is 14.7 Å². The summed E-state index contributed by atoms with van der Waals surface area (Å²) < 4.78 is 2.93. The van der Waals surface area contributed by atoms with Crippen LogP contribution in [-0.4, -0.2) is 67.7 Å². The number of piperidine rings is 1. The normalized spacial score (nSPS) is 16.4. The van der Waals surface area contributed by atoms with Gasteiger partial charge >= 0.3 is 5.69 Å². The van der Waals surface area contributed by atoms with E-state index in [-0.39, 0.29) is 23.6 Å². The molecule has 1 amide bonds. The number of nitrogens with zero attached hydrogens (tertiary/aromatic N) is 4. The molecule has 1 saturated heterocycles. The van der Waals surface area contributed by atoms with Crippen LogP contribution in [0.3, 0.4) is 0 Å². The summed E-state index contributed by atoms with van der Waals surface area (Å²) >= 11 is 0. The fourth-order valence-corrected chi connectivity index (χ4v) is 3.51. The Morgan fingerprint density at radius 3 is 2.77 bits per heavy atom. The van der Waals surface area contributed by atoms with Crippen LogP contribution in [0.15, 0.2) is 28.2 Å². The van der Waals surface area contributed by atoms with E-state index < -0.39 is 0 Å². The highest BCUT2D eigenvalue weighted by atomic mass is 16.3. The topological polar surface area (TPSA) is 142 Å². The molecule has 2 aromatic heterocycles. The number of amides is 1. The van der Waals surface area contributed by atoms with E-state index in [0.717, 1.165) is 25.9 Å². The van der Waals surface area contributed by atoms with E-state index in [1.54, 1.807) is 31.1 Å². The summed E-state index contributed by atoms with van der Waals surface area (Å²) in [5.74, 6) is 0.230. The third-order valence-corrected chi connectivity index (χ3v) is 5.00. The molecule has 0 radical (unpaired) electrons. The first-order chi connectivity index (χ1) is 14.3. The molecule has 164 valence electrons. The molecule has 11 heteroatoms. The average Bonchev–Trinajstić information content (AvgIpc) is 3.12. The summed E-state index contributed by atoms with van der Waals surface area (Å²) in [5, 5.41) is 9.87. The van der Waals surface area contributed by atoms with Crippen LogP contribution >= 0.6 is 0 Å². The Morgan fingerprint density at radius 1 is 1.40 bits per heavy atom. The third kappa shape index (κ3) is 6.41. The zero-order valence-electron chi connectivity index (χ0n) is 17.2. The van der Waals surface area contributed by atoms with Crippen molar-refractivity contribution in [1.82, 2.24) is 29.3 Å². The summed E-state index contributed by atoms with van der Waals surface area (Å²) in [6, 6.07) is 1.44. The monoisotopic (exact) mass is 420 g/mol. The predicted molar refractivity (Wildman–Crippen MR) is 109 cm³/mol. The van der Waals surface area contributed by atoms with Crippen molar-refractivity contribution in [2.24, 2.45) is 13.0 Å². The van der Waals surface area contributed by atoms with Crippen molar-refractivity contribution in [3.63, 3.8) is 0 Å². The molecule has 11 nitrogen and oxygen atoms in total. The Bertz CT molecular complexity index is 932. The Morgan fingerprint density at radius 2 is 2.13 bits per heavy atom. The SMILES string of the molecule is Cc1cc(=O)n(CCN2CCCC(CNC(=O)c3cncn3C)C2)c(=O)[nH]1.O=CO. The van der Waals surface area contributed by atoms with E-state index in [4.69, 9.17) is 9.90 Å². The van der Waals surface area contributed by atoms with Crippen LogP contribution in [0.25, 0.3) is 0 Å². The average molecular weight is 420 g/mol. The molecule has 0 saturated carbocycles. The van der Waals surface area contributed by atoms with E-state index in [1.165, 1.54) is 10.6 Å². The number of nitrogens with one attached hydrogen (secondary N) is 2. The molecule has 1 unspecified atom stereocenters. The van der Waals surface area contributed by atoms with Gasteiger partial charge in [-0.2, -0.15) is 0 Å². The van der Waals surface area contributed by atoms with Crippen LogP contribution in [-0.2, 0) is 18.4 Å². The summed E-state index contributed by atoms with van der Waals surface area (Å²) in [6.45, 7) is 4.82. The Balaban J connectivity index is 0.00000101. The van der Waals surface area contributed by atoms with E-state index in [0.29, 0.717) is 36.9 Å². The maximum absolute atomic E-state index is 12.2. The van der Waals surface area contributed by atoms with E-state index in [9.17, 15) is 14.4 Å². The summed E-state index contributed by atoms with van der Waals surface area (Å²) in [7, 11) is 1.79. The second-order valence-corrected chi connectivity index (χ2v) is 7.26. The van der Waals surface area contributed by atoms with Crippen molar-refractivity contribution in [3.05, 3.63) is 50.8 Å². The highest BCUT2D eigenvalue weighted by Gasteiger charge is 2.21. The lowest BCUT2D eigenvalue weighted by molar-refractivity contribution is -0.122. The molecule has 1 aliphatic rings. The number of carbonyl (C=O) groups excluding carboxylic acids is 1. The molecule has 3 N–H and O–H groups in total. The van der Waals surface area contributed by atoms with Crippen LogP contribution in [0.1, 0.15) is 29.0 Å². The lowest BCUT2D eigenvalue weighted by atomic mass is 9.98. The molecule has 3 rings (SSSR count). The molecule has 30 heavy (non-hydrogen) atoms. The predicted octanol–water partition coefficient (Wildman–Crippen LogP) is -0.579. The summed E-state index contributed by atoms with van der Waals surface area (Å²) in [6.07, 6.45) is 5.24. The third-order valence-electron chi connectivity index (χ3n) is 5.00. The van der Waals surface area contributed by atoms with Crippen molar-refractivity contribution in [1.29, 1.82) is 0 Å². The molecule has 1 atom stereocenters. The molecule has 0 spiro atoms. The standard InChI is InChI=1S/C18H26N6O3.CH2O2/c1-13-8-16(25)24(18(27)21-13)7-6-23-5-3-4-14(11-23)9-20-17(26)15-10-19-12-22(15)2;2-1-3/h8,10,12,14H,3-7,9,11H2,1-2H3,(H,20,26)(H,21,27);1H,(H,2,3). The van der Waals surface area contributed by atoms with Crippen LogP contribution in [0.4, 0.5) is 0 Å². The number of H-pyrrole nitrogens is 1. The minimum atomic E-state index is -0.364. The van der Waals surface area contributed by atoms with Gasteiger partial charge in [-0.3, -0.25) is 19.0 Å². The lowest BCUT2D eigenvalue weighted by Crippen LogP contribution is -2.44. The quantitative estimate of drug-likeness (QED) is 0.531. The Hall–Kier alpha value is -3.21. The van der Waals surface area contributed by atoms with Gasteiger partial charge in [0.25, 0.3) is 17.9 Å². The first-order valence-corrected chi connectivity index (χ1v) is 9.71. The molecule has 1 fully saturated rings. The van der Waals surface area contributed by atoms with Crippen molar-refractivity contribution >= 4 is 12.4 Å². The van der Waals surface area contributed by atoms with Gasteiger partial charge in [0.1, 0.15) is 5.69 Å². The van der Waals surface area contributed by atoms with E-state index in [1.807, 2.05) is 0 Å². The maximum atomic E-state index is 12.2. The Labute approximate surface area is 173 Å². The van der Waals surface area contributed by atoms with Crippen LogP contribution in [0, 0.1) is 12.8 Å². The fourth-order valence-electron chi connectivity index (χ4n) is 3.51. The Kier molecular flexibility index (Phi) is 8.54. The van der Waals surface area contributed by atoms with Crippen molar-refractivity contribution in [2.75, 3.05) is 26.2 Å². The number of imidazole rings is 1. The van der Waals surface area contributed by atoms with Gasteiger partial charge in [0.2, 0.25) is 0 Å². The first kappa shape index (κ1) is 23.1. The number of rotatable bonds is 6. The number of carboxylic acid groups (broad SMARTS) is 1. The molecule has 2 aromatic rings. The molecular weight excluding hydrogens is 392 g/mol. The highest BCUT2D eigenvalue weighted by Crippen LogP contribution is 2.15. The van der Waals surface area contributed by atoms with Gasteiger partial charge < -0.3 is 24.9 Å². The smallest absolute Gasteiger partial charge is 0.328 e. The van der Waals surface area contributed by atoms with Gasteiger partial charge in [0.05, 0.1) is 12.5 Å². The number of hydrogen-bond donors (Lipinski definition) is 3. The van der Waals surface area contributed by atoms with Crippen LogP contribution in [0.2, 0.25) is 0 Å². The van der Waals surface area contributed by atoms with Gasteiger partial charge in [-0.05, 0) is 32.2 Å². The number of carbonyl (C=O) groups is 2. The van der Waals surface area contributed by atoms with Crippen molar-refractivity contribution in [3.8, 4) is 0 Å². The fraction of sp³-hybridized carbons (Fsp3) is 0.526. The van der Waals surface area contributed by atoms with Gasteiger partial charge in [-0.25, -0.2) is 9.78 Å². The minimum Gasteiger partial charge on any atom is -0.483 e.